The van der Waals surface area contributed by atoms with Crippen molar-refractivity contribution in [3.05, 3.63) is 102 Å². The van der Waals surface area contributed by atoms with Crippen LogP contribution in [0.1, 0.15) is 15.9 Å². The zero-order valence-corrected chi connectivity index (χ0v) is 15.1. The normalized spacial score (nSPS) is 10.4. The first kappa shape index (κ1) is 17.4. The summed E-state index contributed by atoms with van der Waals surface area (Å²) < 4.78 is 7.93. The number of ketones is 1. The van der Waals surface area contributed by atoms with Gasteiger partial charge in [-0.2, -0.15) is 9.83 Å². The lowest BCUT2D eigenvalue weighted by molar-refractivity contribution is -0.661. The highest BCUT2D eigenvalue weighted by Gasteiger charge is 2.22. The number of nitriles is 1. The molecular formula is C24H17N2O2+. The highest BCUT2D eigenvalue weighted by molar-refractivity contribution is 5.95. The van der Waals surface area contributed by atoms with Crippen LogP contribution in [-0.4, -0.2) is 5.78 Å². The number of Topliss-reactive ketones (excluding diaryl/α,β-unsaturated/α-hetero) is 1. The number of rotatable bonds is 5. The first-order chi connectivity index (χ1) is 13.7. The Morgan fingerprint density at radius 1 is 0.857 bits per heavy atom. The number of para-hydroxylation sites is 1. The van der Waals surface area contributed by atoms with Crippen molar-refractivity contribution in [2.45, 2.75) is 6.54 Å². The summed E-state index contributed by atoms with van der Waals surface area (Å²) in [5, 5.41) is 9.98. The van der Waals surface area contributed by atoms with Crippen LogP contribution in [0.3, 0.4) is 0 Å². The smallest absolute Gasteiger partial charge is 0.374 e. The molecule has 0 N–H and O–H groups in total. The number of carbonyl (C=O) groups is 1. The van der Waals surface area contributed by atoms with Gasteiger partial charge < -0.3 is 4.74 Å². The van der Waals surface area contributed by atoms with Crippen LogP contribution in [0.2, 0.25) is 0 Å². The molecule has 0 radical (unpaired) electrons. The highest BCUT2D eigenvalue weighted by atomic mass is 16.5. The number of carbonyl (C=O) groups excluding carboxylic acids is 1. The molecule has 28 heavy (non-hydrogen) atoms. The topological polar surface area (TPSA) is 54.0 Å². The fourth-order valence-electron chi connectivity index (χ4n) is 3.07. The Morgan fingerprint density at radius 3 is 2.32 bits per heavy atom. The standard InChI is InChI=1S/C24H17N2O2/c25-16-18-10-13-21(14-11-18)28-24-15-12-19-6-4-5-9-22(19)26(24)17-23(27)20-7-2-1-3-8-20/h1-15H,17H2/q+1. The molecule has 0 saturated heterocycles. The van der Waals surface area contributed by atoms with Gasteiger partial charge in [-0.25, -0.2) is 0 Å². The van der Waals surface area contributed by atoms with E-state index in [-0.39, 0.29) is 12.3 Å². The third-order valence-corrected chi connectivity index (χ3v) is 4.50. The predicted octanol–water partition coefficient (Wildman–Crippen LogP) is 4.67. The summed E-state index contributed by atoms with van der Waals surface area (Å²) in [6.45, 7) is 0.164. The highest BCUT2D eigenvalue weighted by Crippen LogP contribution is 2.22. The van der Waals surface area contributed by atoms with Crippen molar-refractivity contribution in [2.24, 2.45) is 0 Å². The van der Waals surface area contributed by atoms with Gasteiger partial charge in [0.2, 0.25) is 17.8 Å². The molecule has 0 bridgehead atoms. The van der Waals surface area contributed by atoms with E-state index < -0.39 is 0 Å². The molecule has 134 valence electrons. The zero-order valence-electron chi connectivity index (χ0n) is 15.1. The minimum atomic E-state index is 0.00614. The number of fused-ring (bicyclic) bond motifs is 1. The summed E-state index contributed by atoms with van der Waals surface area (Å²) in [6.07, 6.45) is 0. The van der Waals surface area contributed by atoms with Gasteiger partial charge in [0.05, 0.1) is 17.7 Å². The Balaban J connectivity index is 1.74. The average Bonchev–Trinajstić information content (AvgIpc) is 2.76. The second-order valence-corrected chi connectivity index (χ2v) is 6.34. The van der Waals surface area contributed by atoms with Gasteiger partial charge in [-0.05, 0) is 36.4 Å². The molecule has 0 amide bonds. The number of nitrogens with zero attached hydrogens (tertiary/aromatic N) is 2. The van der Waals surface area contributed by atoms with Crippen LogP contribution >= 0.6 is 0 Å². The second-order valence-electron chi connectivity index (χ2n) is 6.34. The van der Waals surface area contributed by atoms with E-state index in [0.717, 1.165) is 10.9 Å². The predicted molar refractivity (Wildman–Crippen MR) is 106 cm³/mol. The number of aromatic nitrogens is 1. The average molecular weight is 365 g/mol. The molecule has 1 aromatic heterocycles. The number of ether oxygens (including phenoxy) is 1. The fraction of sp³-hybridized carbons (Fsp3) is 0.0417. The lowest BCUT2D eigenvalue weighted by atomic mass is 10.1. The minimum absolute atomic E-state index is 0.00614. The first-order valence-electron chi connectivity index (χ1n) is 8.92. The molecule has 4 rings (SSSR count). The number of hydrogen-bond acceptors (Lipinski definition) is 3. The number of hydrogen-bond donors (Lipinski definition) is 0. The van der Waals surface area contributed by atoms with Gasteiger partial charge in [-0.15, -0.1) is 0 Å². The second kappa shape index (κ2) is 7.73. The third kappa shape index (κ3) is 3.60. The van der Waals surface area contributed by atoms with Gasteiger partial charge in [0, 0.05) is 17.0 Å². The van der Waals surface area contributed by atoms with Gasteiger partial charge in [-0.3, -0.25) is 4.79 Å². The van der Waals surface area contributed by atoms with Crippen LogP contribution in [0.4, 0.5) is 0 Å². The molecule has 0 unspecified atom stereocenters. The Hall–Kier alpha value is -3.97. The lowest BCUT2D eigenvalue weighted by Crippen LogP contribution is -2.40. The number of pyridine rings is 1. The molecule has 0 atom stereocenters. The van der Waals surface area contributed by atoms with E-state index in [1.807, 2.05) is 71.3 Å². The molecule has 1 heterocycles. The molecule has 0 aliphatic carbocycles. The van der Waals surface area contributed by atoms with E-state index in [0.29, 0.717) is 22.8 Å². The molecule has 0 aliphatic rings. The minimum Gasteiger partial charge on any atom is -0.405 e. The van der Waals surface area contributed by atoms with Crippen molar-refractivity contribution in [1.29, 1.82) is 5.26 Å². The largest absolute Gasteiger partial charge is 0.405 e. The van der Waals surface area contributed by atoms with E-state index in [9.17, 15) is 4.79 Å². The van der Waals surface area contributed by atoms with Gasteiger partial charge in [-0.1, -0.05) is 42.5 Å². The van der Waals surface area contributed by atoms with Crippen molar-refractivity contribution < 1.29 is 14.1 Å². The summed E-state index contributed by atoms with van der Waals surface area (Å²) in [4.78, 5) is 12.8. The summed E-state index contributed by atoms with van der Waals surface area (Å²) >= 11 is 0. The lowest BCUT2D eigenvalue weighted by Gasteiger charge is -2.08. The van der Waals surface area contributed by atoms with Crippen LogP contribution in [0.15, 0.2) is 91.0 Å². The molecule has 4 nitrogen and oxygen atoms in total. The summed E-state index contributed by atoms with van der Waals surface area (Å²) in [6, 6.07) is 29.9. The Kier molecular flexibility index (Phi) is 4.81. The van der Waals surface area contributed by atoms with Crippen molar-refractivity contribution in [1.82, 2.24) is 0 Å². The Bertz CT molecular complexity index is 1180. The molecule has 4 heteroatoms. The van der Waals surface area contributed by atoms with Crippen LogP contribution in [0, 0.1) is 11.3 Å². The van der Waals surface area contributed by atoms with E-state index in [1.165, 1.54) is 0 Å². The van der Waals surface area contributed by atoms with Crippen LogP contribution in [0.25, 0.3) is 10.9 Å². The van der Waals surface area contributed by atoms with Crippen molar-refractivity contribution in [3.8, 4) is 17.7 Å². The van der Waals surface area contributed by atoms with Gasteiger partial charge in [0.15, 0.2) is 0 Å². The van der Waals surface area contributed by atoms with Crippen LogP contribution < -0.4 is 9.30 Å². The molecule has 0 spiro atoms. The maximum Gasteiger partial charge on any atom is 0.374 e. The van der Waals surface area contributed by atoms with E-state index in [1.54, 1.807) is 24.3 Å². The van der Waals surface area contributed by atoms with E-state index in [4.69, 9.17) is 10.00 Å². The van der Waals surface area contributed by atoms with Crippen LogP contribution in [0.5, 0.6) is 11.6 Å². The fourth-order valence-corrected chi connectivity index (χ4v) is 3.07. The molecule has 0 aliphatic heterocycles. The van der Waals surface area contributed by atoms with Crippen molar-refractivity contribution >= 4 is 16.7 Å². The summed E-state index contributed by atoms with van der Waals surface area (Å²) in [5.74, 6) is 1.18. The third-order valence-electron chi connectivity index (χ3n) is 4.50. The molecule has 0 saturated carbocycles. The first-order valence-corrected chi connectivity index (χ1v) is 8.92. The van der Waals surface area contributed by atoms with Crippen molar-refractivity contribution in [3.63, 3.8) is 0 Å². The van der Waals surface area contributed by atoms with Gasteiger partial charge in [0.25, 0.3) is 0 Å². The van der Waals surface area contributed by atoms with E-state index in [2.05, 4.69) is 6.07 Å². The number of benzene rings is 3. The van der Waals surface area contributed by atoms with Gasteiger partial charge >= 0.3 is 5.88 Å². The SMILES string of the molecule is N#Cc1ccc(Oc2ccc3ccccc3[n+]2CC(=O)c2ccccc2)cc1. The Morgan fingerprint density at radius 2 is 1.57 bits per heavy atom. The zero-order chi connectivity index (χ0) is 19.3. The summed E-state index contributed by atoms with van der Waals surface area (Å²) in [7, 11) is 0. The van der Waals surface area contributed by atoms with E-state index >= 15 is 0 Å². The molecular weight excluding hydrogens is 348 g/mol. The maximum atomic E-state index is 12.8. The molecule has 3 aromatic carbocycles. The van der Waals surface area contributed by atoms with Crippen LogP contribution in [-0.2, 0) is 6.54 Å². The van der Waals surface area contributed by atoms with Gasteiger partial charge in [0.1, 0.15) is 5.75 Å². The van der Waals surface area contributed by atoms with Crippen molar-refractivity contribution in [2.75, 3.05) is 0 Å². The Labute approximate surface area is 162 Å². The molecule has 4 aromatic rings. The molecule has 0 fully saturated rings. The maximum absolute atomic E-state index is 12.8. The quantitative estimate of drug-likeness (QED) is 0.381. The monoisotopic (exact) mass is 365 g/mol. The summed E-state index contributed by atoms with van der Waals surface area (Å²) in [5.41, 5.74) is 2.14.